The second kappa shape index (κ2) is 7.46. The van der Waals surface area contributed by atoms with Gasteiger partial charge in [0, 0.05) is 20.1 Å². The number of carboxylic acid groups (broad SMARTS) is 1. The molecular weight excluding hydrogens is 282 g/mol. The molecule has 0 unspecified atom stereocenters. The third kappa shape index (κ3) is 4.93. The number of nitrogens with one attached hydrogen (secondary N) is 1. The molecule has 1 rings (SSSR count). The maximum Gasteiger partial charge on any atom is 0.326 e. The Labute approximate surface area is 121 Å². The van der Waals surface area contributed by atoms with Crippen molar-refractivity contribution in [3.05, 3.63) is 0 Å². The molecule has 21 heavy (non-hydrogen) atoms. The molecule has 0 aromatic carbocycles. The summed E-state index contributed by atoms with van der Waals surface area (Å²) in [5, 5.41) is 11.2. The average molecular weight is 301 g/mol. The summed E-state index contributed by atoms with van der Waals surface area (Å²) in [6.07, 6.45) is 0.129. The van der Waals surface area contributed by atoms with Gasteiger partial charge in [-0.05, 0) is 6.42 Å². The molecule has 118 valence electrons. The molecule has 0 aromatic rings. The van der Waals surface area contributed by atoms with E-state index in [1.807, 2.05) is 0 Å². The normalized spacial score (nSPS) is 17.0. The topological polar surface area (TPSA) is 116 Å². The Morgan fingerprint density at radius 1 is 1.38 bits per heavy atom. The third-order valence-corrected chi connectivity index (χ3v) is 3.15. The monoisotopic (exact) mass is 301 g/mol. The zero-order chi connectivity index (χ0) is 16.0. The van der Waals surface area contributed by atoms with E-state index >= 15 is 0 Å². The highest BCUT2D eigenvalue weighted by Gasteiger charge is 2.28. The van der Waals surface area contributed by atoms with Gasteiger partial charge in [0.15, 0.2) is 0 Å². The SMILES string of the molecule is COC(=O)C[C@H](NC(=O)N1CCCN(C)C(=O)C1)C(=O)O. The molecule has 9 heteroatoms. The number of amides is 3. The fourth-order valence-corrected chi connectivity index (χ4v) is 1.85. The number of urea groups is 1. The first-order valence-corrected chi connectivity index (χ1v) is 6.44. The van der Waals surface area contributed by atoms with E-state index in [0.29, 0.717) is 19.5 Å². The van der Waals surface area contributed by atoms with Crippen LogP contribution in [0.4, 0.5) is 4.79 Å². The predicted molar refractivity (Wildman–Crippen MR) is 70.4 cm³/mol. The van der Waals surface area contributed by atoms with Crippen molar-refractivity contribution in [2.45, 2.75) is 18.9 Å². The van der Waals surface area contributed by atoms with Crippen molar-refractivity contribution < 1.29 is 29.0 Å². The number of rotatable bonds is 4. The number of aliphatic carboxylic acids is 1. The fraction of sp³-hybridized carbons (Fsp3) is 0.667. The molecule has 1 heterocycles. The van der Waals surface area contributed by atoms with Crippen molar-refractivity contribution in [2.75, 3.05) is 33.8 Å². The van der Waals surface area contributed by atoms with Gasteiger partial charge in [-0.15, -0.1) is 0 Å². The van der Waals surface area contributed by atoms with Gasteiger partial charge in [-0.25, -0.2) is 9.59 Å². The summed E-state index contributed by atoms with van der Waals surface area (Å²) in [6.45, 7) is 0.756. The van der Waals surface area contributed by atoms with E-state index in [1.165, 1.54) is 9.80 Å². The van der Waals surface area contributed by atoms with E-state index in [9.17, 15) is 19.2 Å². The minimum absolute atomic E-state index is 0.118. The molecular formula is C12H19N3O6. The molecule has 0 spiro atoms. The zero-order valence-electron chi connectivity index (χ0n) is 12.0. The quantitative estimate of drug-likeness (QED) is 0.635. The number of hydrogen-bond acceptors (Lipinski definition) is 5. The van der Waals surface area contributed by atoms with Crippen LogP contribution in [0.15, 0.2) is 0 Å². The van der Waals surface area contributed by atoms with Crippen LogP contribution in [0, 0.1) is 0 Å². The average Bonchev–Trinajstić information content (AvgIpc) is 2.60. The van der Waals surface area contributed by atoms with Gasteiger partial charge in [0.1, 0.15) is 12.6 Å². The lowest BCUT2D eigenvalue weighted by atomic mass is 10.2. The lowest BCUT2D eigenvalue weighted by Gasteiger charge is -2.22. The molecule has 1 saturated heterocycles. The minimum atomic E-state index is -1.39. The van der Waals surface area contributed by atoms with Crippen LogP contribution >= 0.6 is 0 Å². The van der Waals surface area contributed by atoms with Gasteiger partial charge in [0.25, 0.3) is 0 Å². The molecule has 3 amide bonds. The number of nitrogens with zero attached hydrogens (tertiary/aromatic N) is 2. The van der Waals surface area contributed by atoms with Crippen LogP contribution in [0.2, 0.25) is 0 Å². The summed E-state index contributed by atoms with van der Waals surface area (Å²) >= 11 is 0. The fourth-order valence-electron chi connectivity index (χ4n) is 1.85. The molecule has 0 aliphatic carbocycles. The van der Waals surface area contributed by atoms with E-state index in [2.05, 4.69) is 10.1 Å². The van der Waals surface area contributed by atoms with Crippen molar-refractivity contribution in [3.63, 3.8) is 0 Å². The molecule has 0 aromatic heterocycles. The van der Waals surface area contributed by atoms with Crippen LogP contribution < -0.4 is 5.32 Å². The Hall–Kier alpha value is -2.32. The number of carboxylic acids is 1. The second-order valence-electron chi connectivity index (χ2n) is 4.71. The Morgan fingerprint density at radius 2 is 2.05 bits per heavy atom. The summed E-state index contributed by atoms with van der Waals surface area (Å²) in [4.78, 5) is 48.6. The number of methoxy groups -OCH3 is 1. The molecule has 0 radical (unpaired) electrons. The van der Waals surface area contributed by atoms with Crippen molar-refractivity contribution in [3.8, 4) is 0 Å². The summed E-state index contributed by atoms with van der Waals surface area (Å²) in [5.74, 6) is -2.30. The minimum Gasteiger partial charge on any atom is -0.480 e. The highest BCUT2D eigenvalue weighted by molar-refractivity contribution is 5.88. The third-order valence-electron chi connectivity index (χ3n) is 3.15. The number of ether oxygens (including phenoxy) is 1. The van der Waals surface area contributed by atoms with Crippen molar-refractivity contribution in [2.24, 2.45) is 0 Å². The van der Waals surface area contributed by atoms with Crippen LogP contribution in [-0.2, 0) is 19.1 Å². The van der Waals surface area contributed by atoms with Gasteiger partial charge in [-0.1, -0.05) is 0 Å². The molecule has 1 fully saturated rings. The summed E-state index contributed by atoms with van der Waals surface area (Å²) < 4.78 is 4.38. The maximum absolute atomic E-state index is 12.0. The molecule has 1 aliphatic heterocycles. The predicted octanol–water partition coefficient (Wildman–Crippen LogP) is -1.12. The number of hydrogen-bond donors (Lipinski definition) is 2. The number of carbonyl (C=O) groups excluding carboxylic acids is 3. The molecule has 9 nitrogen and oxygen atoms in total. The summed E-state index contributed by atoms with van der Waals surface area (Å²) in [5.41, 5.74) is 0. The maximum atomic E-state index is 12.0. The van der Waals surface area contributed by atoms with Crippen LogP contribution in [0.25, 0.3) is 0 Å². The van der Waals surface area contributed by atoms with Gasteiger partial charge in [-0.3, -0.25) is 9.59 Å². The van der Waals surface area contributed by atoms with E-state index in [-0.39, 0.29) is 12.5 Å². The highest BCUT2D eigenvalue weighted by Crippen LogP contribution is 2.04. The Kier molecular flexibility index (Phi) is 5.94. The highest BCUT2D eigenvalue weighted by atomic mass is 16.5. The van der Waals surface area contributed by atoms with E-state index in [1.54, 1.807) is 7.05 Å². The van der Waals surface area contributed by atoms with Crippen molar-refractivity contribution in [1.29, 1.82) is 0 Å². The van der Waals surface area contributed by atoms with Gasteiger partial charge in [0.2, 0.25) is 5.91 Å². The van der Waals surface area contributed by atoms with Crippen molar-refractivity contribution in [1.82, 2.24) is 15.1 Å². The molecule has 0 saturated carbocycles. The summed E-state index contributed by atoms with van der Waals surface area (Å²) in [6, 6.07) is -2.07. The number of carbonyl (C=O) groups is 4. The van der Waals surface area contributed by atoms with Gasteiger partial charge >= 0.3 is 18.0 Å². The Bertz CT molecular complexity index is 439. The van der Waals surface area contributed by atoms with Crippen molar-refractivity contribution >= 4 is 23.9 Å². The lowest BCUT2D eigenvalue weighted by molar-refractivity contribution is -0.147. The standard InChI is InChI=1S/C12H19N3O6/c1-14-4-3-5-15(7-9(14)16)12(20)13-8(11(18)19)6-10(17)21-2/h8H,3-7H2,1-2H3,(H,13,20)(H,18,19)/t8-/m0/s1. The molecule has 2 N–H and O–H groups in total. The van der Waals surface area contributed by atoms with Crippen LogP contribution in [0.1, 0.15) is 12.8 Å². The van der Waals surface area contributed by atoms with E-state index in [4.69, 9.17) is 5.11 Å². The molecule has 1 atom stereocenters. The van der Waals surface area contributed by atoms with Gasteiger partial charge in [-0.2, -0.15) is 0 Å². The van der Waals surface area contributed by atoms with Crippen LogP contribution in [-0.4, -0.2) is 78.6 Å². The Morgan fingerprint density at radius 3 is 2.62 bits per heavy atom. The Balaban J connectivity index is 2.66. The second-order valence-corrected chi connectivity index (χ2v) is 4.71. The van der Waals surface area contributed by atoms with E-state index < -0.39 is 30.4 Å². The van der Waals surface area contributed by atoms with Gasteiger partial charge in [0.05, 0.1) is 13.5 Å². The zero-order valence-corrected chi connectivity index (χ0v) is 12.0. The largest absolute Gasteiger partial charge is 0.480 e. The first-order valence-electron chi connectivity index (χ1n) is 6.44. The first kappa shape index (κ1) is 16.7. The molecule has 0 bridgehead atoms. The number of esters is 1. The van der Waals surface area contributed by atoms with Crippen LogP contribution in [0.5, 0.6) is 0 Å². The lowest BCUT2D eigenvalue weighted by Crippen LogP contribution is -2.50. The van der Waals surface area contributed by atoms with Crippen LogP contribution in [0.3, 0.4) is 0 Å². The molecule has 1 aliphatic rings. The number of likely N-dealkylation sites (N-methyl/N-ethyl adjacent to an activating group) is 1. The first-order chi connectivity index (χ1) is 9.85. The summed E-state index contributed by atoms with van der Waals surface area (Å²) in [7, 11) is 2.77. The van der Waals surface area contributed by atoms with E-state index in [0.717, 1.165) is 7.11 Å². The van der Waals surface area contributed by atoms with Gasteiger partial charge < -0.3 is 25.0 Å². The smallest absolute Gasteiger partial charge is 0.326 e.